The van der Waals surface area contributed by atoms with Crippen LogP contribution in [0.4, 0.5) is 5.82 Å². The normalized spacial score (nSPS) is 11.5. The molecule has 154 valence electrons. The molecule has 0 aliphatic rings. The Labute approximate surface area is 173 Å². The molecular weight excluding hydrogens is 404 g/mol. The Balaban J connectivity index is 1.33. The predicted octanol–water partition coefficient (Wildman–Crippen LogP) is 2.62. The van der Waals surface area contributed by atoms with Gasteiger partial charge in [0.15, 0.2) is 5.89 Å². The summed E-state index contributed by atoms with van der Waals surface area (Å²) in [5.41, 5.74) is 1.45. The van der Waals surface area contributed by atoms with Crippen LogP contribution in [0.3, 0.4) is 0 Å². The SMILES string of the molecule is Cc1nc(-c2ccc(S(=O)(=O)NCCNc3cc(-n4cccc4)ncn3)cc2)co1. The fourth-order valence-electron chi connectivity index (χ4n) is 2.83. The summed E-state index contributed by atoms with van der Waals surface area (Å²) >= 11 is 0. The number of benzene rings is 1. The molecule has 0 fully saturated rings. The van der Waals surface area contributed by atoms with Gasteiger partial charge < -0.3 is 14.3 Å². The number of hydrogen-bond acceptors (Lipinski definition) is 7. The van der Waals surface area contributed by atoms with E-state index in [-0.39, 0.29) is 11.4 Å². The Hall–Kier alpha value is -3.50. The first-order valence-corrected chi connectivity index (χ1v) is 10.7. The van der Waals surface area contributed by atoms with Crippen molar-refractivity contribution in [2.45, 2.75) is 11.8 Å². The predicted molar refractivity (Wildman–Crippen MR) is 112 cm³/mol. The van der Waals surface area contributed by atoms with Crippen molar-refractivity contribution in [1.82, 2.24) is 24.2 Å². The fourth-order valence-corrected chi connectivity index (χ4v) is 3.86. The Morgan fingerprint density at radius 2 is 1.83 bits per heavy atom. The van der Waals surface area contributed by atoms with Crippen molar-refractivity contribution >= 4 is 15.8 Å². The molecule has 0 radical (unpaired) electrons. The van der Waals surface area contributed by atoms with Crippen molar-refractivity contribution < 1.29 is 12.8 Å². The molecule has 30 heavy (non-hydrogen) atoms. The number of anilines is 1. The average Bonchev–Trinajstić information content (AvgIpc) is 3.44. The number of nitrogens with zero attached hydrogens (tertiary/aromatic N) is 4. The third kappa shape index (κ3) is 4.56. The lowest BCUT2D eigenvalue weighted by molar-refractivity contribution is 0.521. The number of nitrogens with one attached hydrogen (secondary N) is 2. The number of hydrogen-bond donors (Lipinski definition) is 2. The van der Waals surface area contributed by atoms with Crippen molar-refractivity contribution in [1.29, 1.82) is 0 Å². The van der Waals surface area contributed by atoms with Crippen LogP contribution in [0.2, 0.25) is 0 Å². The highest BCUT2D eigenvalue weighted by Gasteiger charge is 2.14. The monoisotopic (exact) mass is 424 g/mol. The van der Waals surface area contributed by atoms with Gasteiger partial charge in [-0.3, -0.25) is 0 Å². The van der Waals surface area contributed by atoms with E-state index in [2.05, 4.69) is 25.0 Å². The van der Waals surface area contributed by atoms with Crippen LogP contribution < -0.4 is 10.0 Å². The molecule has 0 unspecified atom stereocenters. The van der Waals surface area contributed by atoms with E-state index in [0.29, 0.717) is 23.9 Å². The molecule has 4 rings (SSSR count). The highest BCUT2D eigenvalue weighted by Crippen LogP contribution is 2.20. The molecule has 0 amide bonds. The number of aromatic nitrogens is 4. The van der Waals surface area contributed by atoms with Crippen molar-refractivity contribution in [3.63, 3.8) is 0 Å². The first kappa shape index (κ1) is 19.8. The lowest BCUT2D eigenvalue weighted by Crippen LogP contribution is -2.29. The van der Waals surface area contributed by atoms with Gasteiger partial charge in [0.2, 0.25) is 10.0 Å². The zero-order valence-corrected chi connectivity index (χ0v) is 17.0. The van der Waals surface area contributed by atoms with E-state index in [1.807, 2.05) is 29.1 Å². The Morgan fingerprint density at radius 1 is 1.07 bits per heavy atom. The molecule has 0 spiro atoms. The minimum Gasteiger partial charge on any atom is -0.449 e. The fraction of sp³-hybridized carbons (Fsp3) is 0.150. The topological polar surface area (TPSA) is 115 Å². The first-order valence-electron chi connectivity index (χ1n) is 9.23. The van der Waals surface area contributed by atoms with Gasteiger partial charge in [-0.1, -0.05) is 12.1 Å². The second kappa shape index (κ2) is 8.47. The van der Waals surface area contributed by atoms with Gasteiger partial charge in [0, 0.05) is 44.0 Å². The van der Waals surface area contributed by atoms with Gasteiger partial charge in [-0.15, -0.1) is 0 Å². The third-order valence-electron chi connectivity index (χ3n) is 4.32. The minimum atomic E-state index is -3.62. The van der Waals surface area contributed by atoms with E-state index in [9.17, 15) is 8.42 Å². The summed E-state index contributed by atoms with van der Waals surface area (Å²) in [6, 6.07) is 12.1. The Morgan fingerprint density at radius 3 is 2.53 bits per heavy atom. The maximum absolute atomic E-state index is 12.5. The molecule has 9 nitrogen and oxygen atoms in total. The number of aryl methyl sites for hydroxylation is 1. The summed E-state index contributed by atoms with van der Waals surface area (Å²) in [5, 5.41) is 3.09. The Kier molecular flexibility index (Phi) is 5.59. The summed E-state index contributed by atoms with van der Waals surface area (Å²) in [6.07, 6.45) is 6.77. The molecule has 0 saturated carbocycles. The largest absolute Gasteiger partial charge is 0.449 e. The minimum absolute atomic E-state index is 0.184. The summed E-state index contributed by atoms with van der Waals surface area (Å²) < 4.78 is 34.6. The van der Waals surface area contributed by atoms with Crippen molar-refractivity contribution in [3.05, 3.63) is 73.3 Å². The zero-order chi connectivity index (χ0) is 21.0. The smallest absolute Gasteiger partial charge is 0.240 e. The van der Waals surface area contributed by atoms with E-state index in [1.54, 1.807) is 37.3 Å². The maximum atomic E-state index is 12.5. The molecule has 10 heteroatoms. The molecule has 0 bridgehead atoms. The molecule has 0 aliphatic carbocycles. The highest BCUT2D eigenvalue weighted by molar-refractivity contribution is 7.89. The number of rotatable bonds is 8. The van der Waals surface area contributed by atoms with E-state index in [1.165, 1.54) is 12.6 Å². The molecule has 0 atom stereocenters. The molecule has 4 aromatic rings. The van der Waals surface area contributed by atoms with E-state index < -0.39 is 10.0 Å². The van der Waals surface area contributed by atoms with Crippen LogP contribution in [-0.4, -0.2) is 41.0 Å². The van der Waals surface area contributed by atoms with Crippen LogP contribution >= 0.6 is 0 Å². The van der Waals surface area contributed by atoms with E-state index >= 15 is 0 Å². The second-order valence-electron chi connectivity index (χ2n) is 6.45. The lowest BCUT2D eigenvalue weighted by atomic mass is 10.2. The number of sulfonamides is 1. The van der Waals surface area contributed by atoms with Crippen LogP contribution in [0.1, 0.15) is 5.89 Å². The van der Waals surface area contributed by atoms with Crippen LogP contribution in [0.25, 0.3) is 17.1 Å². The molecule has 0 saturated heterocycles. The zero-order valence-electron chi connectivity index (χ0n) is 16.2. The van der Waals surface area contributed by atoms with Crippen LogP contribution in [-0.2, 0) is 10.0 Å². The van der Waals surface area contributed by atoms with Gasteiger partial charge >= 0.3 is 0 Å². The molecule has 3 aromatic heterocycles. The quantitative estimate of drug-likeness (QED) is 0.418. The van der Waals surface area contributed by atoms with Gasteiger partial charge in [0.1, 0.15) is 29.9 Å². The first-order chi connectivity index (χ1) is 14.5. The molecule has 0 aliphatic heterocycles. The maximum Gasteiger partial charge on any atom is 0.240 e. The Bertz CT molecular complexity index is 1220. The summed E-state index contributed by atoms with van der Waals surface area (Å²) in [7, 11) is -3.62. The van der Waals surface area contributed by atoms with Gasteiger partial charge in [0.25, 0.3) is 0 Å². The van der Waals surface area contributed by atoms with Crippen molar-refractivity contribution in [2.75, 3.05) is 18.4 Å². The second-order valence-corrected chi connectivity index (χ2v) is 8.22. The van der Waals surface area contributed by atoms with Crippen molar-refractivity contribution in [2.24, 2.45) is 0 Å². The molecule has 3 heterocycles. The van der Waals surface area contributed by atoms with Crippen LogP contribution in [0, 0.1) is 6.92 Å². The van der Waals surface area contributed by atoms with Gasteiger partial charge in [-0.05, 0) is 24.3 Å². The summed E-state index contributed by atoms with van der Waals surface area (Å²) in [6.45, 7) is 2.33. The standard InChI is InChI=1S/C20H20N6O3S/c1-15-25-18(13-29-15)16-4-6-17(7-5-16)30(27,28)24-9-8-21-19-12-20(23-14-22-19)26-10-2-3-11-26/h2-7,10-14,24H,8-9H2,1H3,(H,21,22,23). The molecule has 1 aromatic carbocycles. The number of oxazole rings is 1. The average molecular weight is 424 g/mol. The summed E-state index contributed by atoms with van der Waals surface area (Å²) in [5.74, 6) is 1.89. The van der Waals surface area contributed by atoms with Gasteiger partial charge in [-0.25, -0.2) is 28.1 Å². The van der Waals surface area contributed by atoms with E-state index in [0.717, 1.165) is 11.4 Å². The third-order valence-corrected chi connectivity index (χ3v) is 5.80. The van der Waals surface area contributed by atoms with Gasteiger partial charge in [0.05, 0.1) is 4.90 Å². The van der Waals surface area contributed by atoms with Crippen molar-refractivity contribution in [3.8, 4) is 17.1 Å². The van der Waals surface area contributed by atoms with Crippen LogP contribution in [0.5, 0.6) is 0 Å². The van der Waals surface area contributed by atoms with Gasteiger partial charge in [-0.2, -0.15) is 0 Å². The molecule has 2 N–H and O–H groups in total. The highest BCUT2D eigenvalue weighted by atomic mass is 32.2. The summed E-state index contributed by atoms with van der Waals surface area (Å²) in [4.78, 5) is 12.8. The van der Waals surface area contributed by atoms with E-state index in [4.69, 9.17) is 4.42 Å². The lowest BCUT2D eigenvalue weighted by Gasteiger charge is -2.09. The molecular formula is C20H20N6O3S. The van der Waals surface area contributed by atoms with Crippen LogP contribution in [0.15, 0.2) is 76.8 Å².